The molecule has 0 aliphatic rings. The number of ether oxygens (including phenoxy) is 1. The lowest BCUT2D eigenvalue weighted by molar-refractivity contribution is 0.318. The third kappa shape index (κ3) is 2.18. The highest BCUT2D eigenvalue weighted by atomic mass is 16.5. The molecule has 0 spiro atoms. The van der Waals surface area contributed by atoms with Gasteiger partial charge in [-0.2, -0.15) is 0 Å². The molecule has 0 aliphatic heterocycles. The normalized spacial score (nSPS) is 11.4. The van der Waals surface area contributed by atoms with Gasteiger partial charge in [0.25, 0.3) is 0 Å². The SMILES string of the molecule is CC/C(=N/O)c1ccc(OC)nc1. The topological polar surface area (TPSA) is 54.7 Å². The maximum Gasteiger partial charge on any atom is 0.212 e. The van der Waals surface area contributed by atoms with Gasteiger partial charge in [-0.3, -0.25) is 0 Å². The summed E-state index contributed by atoms with van der Waals surface area (Å²) in [6.07, 6.45) is 2.29. The summed E-state index contributed by atoms with van der Waals surface area (Å²) < 4.78 is 4.90. The van der Waals surface area contributed by atoms with Crippen LogP contribution in [0.25, 0.3) is 0 Å². The van der Waals surface area contributed by atoms with Crippen LogP contribution in [0.15, 0.2) is 23.5 Å². The Morgan fingerprint density at radius 2 is 2.38 bits per heavy atom. The summed E-state index contributed by atoms with van der Waals surface area (Å²) in [7, 11) is 1.56. The number of hydrogen-bond donors (Lipinski definition) is 1. The second-order valence-corrected chi connectivity index (χ2v) is 2.49. The van der Waals surface area contributed by atoms with Gasteiger partial charge in [0.15, 0.2) is 0 Å². The highest BCUT2D eigenvalue weighted by molar-refractivity contribution is 5.99. The molecular weight excluding hydrogens is 168 g/mol. The molecule has 0 aliphatic carbocycles. The van der Waals surface area contributed by atoms with Gasteiger partial charge in [-0.05, 0) is 12.5 Å². The number of nitrogens with zero attached hydrogens (tertiary/aromatic N) is 2. The van der Waals surface area contributed by atoms with Gasteiger partial charge in [-0.15, -0.1) is 0 Å². The van der Waals surface area contributed by atoms with Gasteiger partial charge in [0, 0.05) is 17.8 Å². The Balaban J connectivity index is 2.91. The standard InChI is InChI=1S/C9H12N2O2/c1-3-8(11-12)7-4-5-9(13-2)10-6-7/h4-6,12H,3H2,1-2H3/b11-8-. The summed E-state index contributed by atoms with van der Waals surface area (Å²) >= 11 is 0. The lowest BCUT2D eigenvalue weighted by Gasteiger charge is -2.01. The van der Waals surface area contributed by atoms with E-state index < -0.39 is 0 Å². The maximum atomic E-state index is 8.63. The van der Waals surface area contributed by atoms with Crippen LogP contribution in [-0.2, 0) is 0 Å². The van der Waals surface area contributed by atoms with Crippen molar-refractivity contribution in [2.24, 2.45) is 5.16 Å². The molecule has 0 saturated heterocycles. The second-order valence-electron chi connectivity index (χ2n) is 2.49. The summed E-state index contributed by atoms with van der Waals surface area (Å²) in [6, 6.07) is 3.54. The van der Waals surface area contributed by atoms with Crippen LogP contribution in [0.1, 0.15) is 18.9 Å². The molecule has 1 N–H and O–H groups in total. The molecular formula is C9H12N2O2. The predicted molar refractivity (Wildman–Crippen MR) is 49.4 cm³/mol. The number of aromatic nitrogens is 1. The van der Waals surface area contributed by atoms with Crippen molar-refractivity contribution in [2.75, 3.05) is 7.11 Å². The largest absolute Gasteiger partial charge is 0.481 e. The third-order valence-corrected chi connectivity index (χ3v) is 1.73. The molecule has 0 amide bonds. The van der Waals surface area contributed by atoms with E-state index >= 15 is 0 Å². The average molecular weight is 180 g/mol. The molecule has 4 heteroatoms. The van der Waals surface area contributed by atoms with Crippen LogP contribution in [-0.4, -0.2) is 23.0 Å². The lowest BCUT2D eigenvalue weighted by Crippen LogP contribution is -1.99. The Hall–Kier alpha value is -1.58. The van der Waals surface area contributed by atoms with Crippen LogP contribution in [0.2, 0.25) is 0 Å². The minimum atomic E-state index is 0.553. The van der Waals surface area contributed by atoms with E-state index in [0.717, 1.165) is 5.56 Å². The molecule has 0 fully saturated rings. The van der Waals surface area contributed by atoms with Crippen molar-refractivity contribution in [1.82, 2.24) is 4.98 Å². The fraction of sp³-hybridized carbons (Fsp3) is 0.333. The van der Waals surface area contributed by atoms with Crippen LogP contribution in [0, 0.1) is 0 Å². The molecule has 1 aromatic heterocycles. The molecule has 70 valence electrons. The maximum absolute atomic E-state index is 8.63. The van der Waals surface area contributed by atoms with E-state index in [0.29, 0.717) is 18.0 Å². The van der Waals surface area contributed by atoms with Crippen molar-refractivity contribution in [3.05, 3.63) is 23.9 Å². The lowest BCUT2D eigenvalue weighted by atomic mass is 10.1. The third-order valence-electron chi connectivity index (χ3n) is 1.73. The van der Waals surface area contributed by atoms with E-state index in [1.807, 2.05) is 13.0 Å². The van der Waals surface area contributed by atoms with Crippen LogP contribution < -0.4 is 4.74 Å². The van der Waals surface area contributed by atoms with E-state index in [1.165, 1.54) is 0 Å². The molecule has 4 nitrogen and oxygen atoms in total. The van der Waals surface area contributed by atoms with E-state index in [-0.39, 0.29) is 0 Å². The van der Waals surface area contributed by atoms with Crippen LogP contribution in [0.3, 0.4) is 0 Å². The fourth-order valence-electron chi connectivity index (χ4n) is 1.00. The minimum absolute atomic E-state index is 0.553. The van der Waals surface area contributed by atoms with Crippen LogP contribution >= 0.6 is 0 Å². The number of methoxy groups -OCH3 is 1. The first kappa shape index (κ1) is 9.51. The molecule has 0 unspecified atom stereocenters. The van der Waals surface area contributed by atoms with Gasteiger partial charge in [-0.25, -0.2) is 4.98 Å². The highest BCUT2D eigenvalue weighted by Gasteiger charge is 2.01. The monoisotopic (exact) mass is 180 g/mol. The molecule has 1 aromatic rings. The molecule has 13 heavy (non-hydrogen) atoms. The van der Waals surface area contributed by atoms with Crippen molar-refractivity contribution in [3.63, 3.8) is 0 Å². The zero-order valence-corrected chi connectivity index (χ0v) is 7.69. The molecule has 0 bridgehead atoms. The molecule has 1 rings (SSSR count). The quantitative estimate of drug-likeness (QED) is 0.437. The van der Waals surface area contributed by atoms with Crippen molar-refractivity contribution in [3.8, 4) is 5.88 Å². The minimum Gasteiger partial charge on any atom is -0.481 e. The second kappa shape index (κ2) is 4.45. The number of pyridine rings is 1. The first-order chi connectivity index (χ1) is 6.31. The Labute approximate surface area is 76.9 Å². The predicted octanol–water partition coefficient (Wildman–Crippen LogP) is 1.68. The van der Waals surface area contributed by atoms with Gasteiger partial charge in [0.2, 0.25) is 5.88 Å². The number of hydrogen-bond acceptors (Lipinski definition) is 4. The van der Waals surface area contributed by atoms with Gasteiger partial charge < -0.3 is 9.94 Å². The first-order valence-electron chi connectivity index (χ1n) is 4.03. The van der Waals surface area contributed by atoms with E-state index in [2.05, 4.69) is 10.1 Å². The van der Waals surface area contributed by atoms with Crippen LogP contribution in [0.4, 0.5) is 0 Å². The molecule has 0 saturated carbocycles. The van der Waals surface area contributed by atoms with Crippen molar-refractivity contribution in [2.45, 2.75) is 13.3 Å². The van der Waals surface area contributed by atoms with Gasteiger partial charge in [-0.1, -0.05) is 12.1 Å². The van der Waals surface area contributed by atoms with Crippen molar-refractivity contribution >= 4 is 5.71 Å². The fourth-order valence-corrected chi connectivity index (χ4v) is 1.00. The zero-order valence-electron chi connectivity index (χ0n) is 7.69. The van der Waals surface area contributed by atoms with Gasteiger partial charge in [0.1, 0.15) is 0 Å². The number of oxime groups is 1. The van der Waals surface area contributed by atoms with E-state index in [1.54, 1.807) is 19.4 Å². The van der Waals surface area contributed by atoms with Crippen molar-refractivity contribution < 1.29 is 9.94 Å². The number of rotatable bonds is 3. The molecule has 0 radical (unpaired) electrons. The average Bonchev–Trinajstić information content (AvgIpc) is 2.21. The summed E-state index contributed by atoms with van der Waals surface area (Å²) in [4.78, 5) is 4.00. The summed E-state index contributed by atoms with van der Waals surface area (Å²) in [5.41, 5.74) is 1.43. The van der Waals surface area contributed by atoms with Gasteiger partial charge >= 0.3 is 0 Å². The molecule has 1 heterocycles. The zero-order chi connectivity index (χ0) is 9.68. The Morgan fingerprint density at radius 1 is 1.62 bits per heavy atom. The highest BCUT2D eigenvalue weighted by Crippen LogP contribution is 2.08. The molecule has 0 atom stereocenters. The Morgan fingerprint density at radius 3 is 2.77 bits per heavy atom. The van der Waals surface area contributed by atoms with Crippen molar-refractivity contribution in [1.29, 1.82) is 0 Å². The Bertz CT molecular complexity index is 293. The van der Waals surface area contributed by atoms with Crippen LogP contribution in [0.5, 0.6) is 5.88 Å². The van der Waals surface area contributed by atoms with E-state index in [4.69, 9.17) is 9.94 Å². The first-order valence-corrected chi connectivity index (χ1v) is 4.03. The summed E-state index contributed by atoms with van der Waals surface area (Å²) in [5, 5.41) is 11.8. The smallest absolute Gasteiger partial charge is 0.212 e. The summed E-state index contributed by atoms with van der Waals surface area (Å²) in [5.74, 6) is 0.553. The summed E-state index contributed by atoms with van der Waals surface area (Å²) in [6.45, 7) is 1.92. The molecule has 0 aromatic carbocycles. The Kier molecular flexibility index (Phi) is 3.25. The van der Waals surface area contributed by atoms with Gasteiger partial charge in [0.05, 0.1) is 12.8 Å². The van der Waals surface area contributed by atoms with E-state index in [9.17, 15) is 0 Å².